The molecule has 0 spiro atoms. The summed E-state index contributed by atoms with van der Waals surface area (Å²) in [5.74, 6) is 0.0446. The highest BCUT2D eigenvalue weighted by Crippen LogP contribution is 2.15. The summed E-state index contributed by atoms with van der Waals surface area (Å²) in [4.78, 5) is 12.2. The van der Waals surface area contributed by atoms with E-state index in [1.165, 1.54) is 74.5 Å². The molecular weight excluding hydrogens is 412 g/mol. The molecule has 0 aliphatic carbocycles. The highest BCUT2D eigenvalue weighted by Gasteiger charge is 2.00. The van der Waals surface area contributed by atoms with Gasteiger partial charge in [0.15, 0.2) is 5.78 Å². The predicted octanol–water partition coefficient (Wildman–Crippen LogP) is 9.13. The molecule has 0 aliphatic heterocycles. The minimum absolute atomic E-state index is 0.0446. The molecule has 0 saturated heterocycles. The Bertz CT molecular complexity index is 1010. The number of aryl methyl sites for hydroxylation is 2. The van der Waals surface area contributed by atoms with Crippen molar-refractivity contribution in [3.8, 4) is 0 Å². The zero-order valence-electron chi connectivity index (χ0n) is 20.4. The van der Waals surface area contributed by atoms with Crippen molar-refractivity contribution in [2.45, 2.75) is 64.2 Å². The number of hydrogen-bond donors (Lipinski definition) is 0. The Hall–Kier alpha value is -3.19. The van der Waals surface area contributed by atoms with E-state index in [-0.39, 0.29) is 5.78 Å². The van der Waals surface area contributed by atoms with E-state index in [2.05, 4.69) is 55.1 Å². The highest BCUT2D eigenvalue weighted by atomic mass is 16.1. The Labute approximate surface area is 206 Å². The number of ketones is 1. The minimum Gasteiger partial charge on any atom is -0.289 e. The zero-order valence-corrected chi connectivity index (χ0v) is 20.4. The first kappa shape index (κ1) is 25.4. The average molecular weight is 451 g/mol. The molecule has 0 bridgehead atoms. The normalized spacial score (nSPS) is 11.1. The van der Waals surface area contributed by atoms with Crippen LogP contribution in [0.25, 0.3) is 12.2 Å². The molecule has 3 rings (SSSR count). The third kappa shape index (κ3) is 9.35. The molecule has 34 heavy (non-hydrogen) atoms. The van der Waals surface area contributed by atoms with Gasteiger partial charge in [-0.2, -0.15) is 0 Å². The van der Waals surface area contributed by atoms with Gasteiger partial charge in [0, 0.05) is 5.56 Å². The van der Waals surface area contributed by atoms with Gasteiger partial charge in [-0.3, -0.25) is 4.79 Å². The number of allylic oxidation sites excluding steroid dienone is 1. The molecule has 0 amide bonds. The minimum atomic E-state index is 0.0446. The Morgan fingerprint density at radius 1 is 0.588 bits per heavy atom. The topological polar surface area (TPSA) is 17.1 Å². The lowest BCUT2D eigenvalue weighted by atomic mass is 10.0. The fourth-order valence-electron chi connectivity index (χ4n) is 4.21. The second-order valence-electron chi connectivity index (χ2n) is 9.08. The smallest absolute Gasteiger partial charge is 0.185 e. The van der Waals surface area contributed by atoms with Gasteiger partial charge in [-0.05, 0) is 54.0 Å². The molecule has 3 aromatic carbocycles. The lowest BCUT2D eigenvalue weighted by Gasteiger charge is -2.04. The summed E-state index contributed by atoms with van der Waals surface area (Å²) in [6.45, 7) is 3.81. The Balaban J connectivity index is 1.21. The summed E-state index contributed by atoms with van der Waals surface area (Å²) in [5, 5.41) is 0. The van der Waals surface area contributed by atoms with E-state index in [0.717, 1.165) is 17.5 Å². The third-order valence-corrected chi connectivity index (χ3v) is 6.36. The summed E-state index contributed by atoms with van der Waals surface area (Å²) >= 11 is 0. The average Bonchev–Trinajstić information content (AvgIpc) is 2.90. The van der Waals surface area contributed by atoms with Crippen molar-refractivity contribution >= 4 is 17.9 Å². The fraction of sp³-hybridized carbons (Fsp3) is 0.303. The van der Waals surface area contributed by atoms with Crippen LogP contribution in [0.5, 0.6) is 0 Å². The number of unbranched alkanes of at least 4 members (excludes halogenated alkanes) is 7. The van der Waals surface area contributed by atoms with Crippen molar-refractivity contribution < 1.29 is 4.79 Å². The maximum Gasteiger partial charge on any atom is 0.185 e. The second-order valence-corrected chi connectivity index (χ2v) is 9.08. The van der Waals surface area contributed by atoms with Gasteiger partial charge in [0.2, 0.25) is 0 Å². The molecule has 1 nitrogen and oxygen atoms in total. The van der Waals surface area contributed by atoms with Crippen LogP contribution in [0.4, 0.5) is 0 Å². The van der Waals surface area contributed by atoms with E-state index < -0.39 is 0 Å². The molecule has 0 unspecified atom stereocenters. The first-order valence-corrected chi connectivity index (χ1v) is 12.8. The molecule has 0 fully saturated rings. The molecule has 1 heteroatoms. The van der Waals surface area contributed by atoms with Crippen LogP contribution < -0.4 is 0 Å². The van der Waals surface area contributed by atoms with E-state index in [0.29, 0.717) is 0 Å². The second kappa shape index (κ2) is 14.9. The maximum absolute atomic E-state index is 12.2. The summed E-state index contributed by atoms with van der Waals surface area (Å²) in [6, 6.07) is 26.8. The molecule has 3 aromatic rings. The van der Waals surface area contributed by atoms with Crippen LogP contribution in [0.1, 0.15) is 84.0 Å². The number of carbonyl (C=O) groups excluding carboxylic acids is 1. The van der Waals surface area contributed by atoms with Gasteiger partial charge >= 0.3 is 0 Å². The summed E-state index contributed by atoms with van der Waals surface area (Å²) < 4.78 is 0. The molecule has 0 radical (unpaired) electrons. The van der Waals surface area contributed by atoms with Crippen LogP contribution in [0.3, 0.4) is 0 Å². The first-order chi connectivity index (χ1) is 16.7. The Kier molecular flexibility index (Phi) is 11.1. The van der Waals surface area contributed by atoms with Gasteiger partial charge in [-0.25, -0.2) is 0 Å². The van der Waals surface area contributed by atoms with E-state index in [1.807, 2.05) is 42.5 Å². The predicted molar refractivity (Wildman–Crippen MR) is 147 cm³/mol. The number of hydrogen-bond acceptors (Lipinski definition) is 1. The van der Waals surface area contributed by atoms with E-state index >= 15 is 0 Å². The first-order valence-electron chi connectivity index (χ1n) is 12.8. The third-order valence-electron chi connectivity index (χ3n) is 6.36. The van der Waals surface area contributed by atoms with Crippen LogP contribution in [-0.4, -0.2) is 5.78 Å². The van der Waals surface area contributed by atoms with Crippen molar-refractivity contribution in [2.24, 2.45) is 0 Å². The van der Waals surface area contributed by atoms with Crippen LogP contribution in [0.15, 0.2) is 91.5 Å². The Morgan fingerprint density at radius 2 is 1.06 bits per heavy atom. The quantitative estimate of drug-likeness (QED) is 0.128. The van der Waals surface area contributed by atoms with Crippen LogP contribution in [-0.2, 0) is 12.8 Å². The van der Waals surface area contributed by atoms with Crippen LogP contribution in [0.2, 0.25) is 0 Å². The molecule has 176 valence electrons. The van der Waals surface area contributed by atoms with Crippen molar-refractivity contribution in [3.05, 3.63) is 119 Å². The molecule has 0 saturated carbocycles. The Morgan fingerprint density at radius 3 is 1.56 bits per heavy atom. The summed E-state index contributed by atoms with van der Waals surface area (Å²) in [5.41, 5.74) is 5.82. The van der Waals surface area contributed by atoms with Gasteiger partial charge in [0.05, 0.1) is 0 Å². The lowest BCUT2D eigenvalue weighted by molar-refractivity contribution is 0.104. The van der Waals surface area contributed by atoms with Gasteiger partial charge in [0.25, 0.3) is 0 Å². The molecule has 0 aromatic heterocycles. The number of benzene rings is 3. The molecule has 0 aliphatic rings. The van der Waals surface area contributed by atoms with Crippen molar-refractivity contribution in [1.82, 2.24) is 0 Å². The van der Waals surface area contributed by atoms with Crippen molar-refractivity contribution in [3.63, 3.8) is 0 Å². The standard InChI is InChI=1S/C33H38O/c1-2-28-18-20-29(21-19-28)14-10-7-5-3-4-6-8-11-15-30-22-24-31(25-23-30)26-27-33(34)32-16-12-9-13-17-32/h2,9,12-13,16-27H,1,3-8,10-11,14-15H2/b27-26+. The summed E-state index contributed by atoms with van der Waals surface area (Å²) in [6.07, 6.45) is 18.4. The number of carbonyl (C=O) groups is 1. The van der Waals surface area contributed by atoms with Crippen LogP contribution in [0, 0.1) is 0 Å². The van der Waals surface area contributed by atoms with Gasteiger partial charge < -0.3 is 0 Å². The monoisotopic (exact) mass is 450 g/mol. The zero-order chi connectivity index (χ0) is 23.8. The fourth-order valence-corrected chi connectivity index (χ4v) is 4.21. The van der Waals surface area contributed by atoms with E-state index in [1.54, 1.807) is 6.08 Å². The lowest BCUT2D eigenvalue weighted by Crippen LogP contribution is -1.92. The summed E-state index contributed by atoms with van der Waals surface area (Å²) in [7, 11) is 0. The highest BCUT2D eigenvalue weighted by molar-refractivity contribution is 6.06. The SMILES string of the molecule is C=Cc1ccc(CCCCCCCCCCc2ccc(/C=C/C(=O)c3ccccc3)cc2)cc1. The number of rotatable bonds is 15. The van der Waals surface area contributed by atoms with Gasteiger partial charge in [-0.15, -0.1) is 0 Å². The largest absolute Gasteiger partial charge is 0.289 e. The van der Waals surface area contributed by atoms with Crippen molar-refractivity contribution in [1.29, 1.82) is 0 Å². The van der Waals surface area contributed by atoms with Gasteiger partial charge in [-0.1, -0.05) is 136 Å². The van der Waals surface area contributed by atoms with Crippen molar-refractivity contribution in [2.75, 3.05) is 0 Å². The maximum atomic E-state index is 12.2. The molecule has 0 atom stereocenters. The molecule has 0 heterocycles. The van der Waals surface area contributed by atoms with Gasteiger partial charge in [0.1, 0.15) is 0 Å². The van der Waals surface area contributed by atoms with Crippen LogP contribution >= 0.6 is 0 Å². The van der Waals surface area contributed by atoms with E-state index in [9.17, 15) is 4.79 Å². The molecule has 0 N–H and O–H groups in total. The van der Waals surface area contributed by atoms with E-state index in [4.69, 9.17) is 0 Å². The molecular formula is C33H38O.